The van der Waals surface area contributed by atoms with E-state index < -0.39 is 0 Å². The lowest BCUT2D eigenvalue weighted by atomic mass is 9.96. The van der Waals surface area contributed by atoms with Crippen LogP contribution in [0.2, 0.25) is 0 Å². The molecule has 0 atom stereocenters. The van der Waals surface area contributed by atoms with Crippen molar-refractivity contribution in [2.24, 2.45) is 10.7 Å². The largest absolute Gasteiger partial charge is 0.370 e. The van der Waals surface area contributed by atoms with Crippen molar-refractivity contribution >= 4 is 35.6 Å². The maximum atomic E-state index is 6.11. The fraction of sp³-hybridized carbons (Fsp3) is 0.611. The molecule has 0 amide bonds. The molecule has 0 spiro atoms. The summed E-state index contributed by atoms with van der Waals surface area (Å²) in [5.74, 6) is 0.533. The number of aliphatic imine (C=N–C) groups is 1. The van der Waals surface area contributed by atoms with Gasteiger partial charge in [0.1, 0.15) is 0 Å². The second kappa shape index (κ2) is 7.83. The number of anilines is 1. The van der Waals surface area contributed by atoms with Crippen LogP contribution in [0.3, 0.4) is 0 Å². The van der Waals surface area contributed by atoms with E-state index in [1.807, 2.05) is 0 Å². The number of benzene rings is 1. The molecule has 1 fully saturated rings. The zero-order valence-corrected chi connectivity index (χ0v) is 16.6. The minimum Gasteiger partial charge on any atom is -0.370 e. The normalized spacial score (nSPS) is 19.5. The Morgan fingerprint density at radius 3 is 2.57 bits per heavy atom. The number of likely N-dealkylation sites (N-methyl/N-ethyl adjacent to an activating group) is 1. The van der Waals surface area contributed by atoms with E-state index in [4.69, 9.17) is 5.73 Å². The summed E-state index contributed by atoms with van der Waals surface area (Å²) in [4.78, 5) is 6.96. The van der Waals surface area contributed by atoms with E-state index in [-0.39, 0.29) is 29.5 Å². The molecule has 4 nitrogen and oxygen atoms in total. The molecule has 0 bridgehead atoms. The summed E-state index contributed by atoms with van der Waals surface area (Å²) >= 11 is 0. The fourth-order valence-electron chi connectivity index (χ4n) is 3.85. The standard InChI is InChI=1S/C18H28N4.HI/c1-22(2)18(10-3-4-11-18)13-20-17(19)21-16-9-8-14-6-5-7-15(14)12-16;/h8-9,12H,3-7,10-11,13H2,1-2H3,(H3,19,20,21);1H. The lowest BCUT2D eigenvalue weighted by molar-refractivity contribution is 0.167. The third-order valence-electron chi connectivity index (χ3n) is 5.40. The molecule has 0 unspecified atom stereocenters. The molecular weight excluding hydrogens is 399 g/mol. The van der Waals surface area contributed by atoms with Crippen LogP contribution in [-0.2, 0) is 12.8 Å². The quantitative estimate of drug-likeness (QED) is 0.439. The minimum absolute atomic E-state index is 0. The Morgan fingerprint density at radius 1 is 1.17 bits per heavy atom. The summed E-state index contributed by atoms with van der Waals surface area (Å²) in [7, 11) is 4.32. The highest BCUT2D eigenvalue weighted by Crippen LogP contribution is 2.34. The van der Waals surface area contributed by atoms with E-state index in [1.54, 1.807) is 0 Å². The fourth-order valence-corrected chi connectivity index (χ4v) is 3.85. The van der Waals surface area contributed by atoms with Crippen LogP contribution in [-0.4, -0.2) is 37.0 Å². The molecular formula is C18H29IN4. The Morgan fingerprint density at radius 2 is 1.87 bits per heavy atom. The second-order valence-corrected chi connectivity index (χ2v) is 6.99. The number of nitrogens with one attached hydrogen (secondary N) is 1. The monoisotopic (exact) mass is 428 g/mol. The number of guanidine groups is 1. The highest BCUT2D eigenvalue weighted by atomic mass is 127. The van der Waals surface area contributed by atoms with Crippen LogP contribution < -0.4 is 11.1 Å². The first-order valence-corrected chi connectivity index (χ1v) is 8.45. The summed E-state index contributed by atoms with van der Waals surface area (Å²) in [5.41, 5.74) is 10.3. The van der Waals surface area contributed by atoms with Crippen LogP contribution in [0.4, 0.5) is 5.69 Å². The smallest absolute Gasteiger partial charge is 0.193 e. The zero-order valence-electron chi connectivity index (χ0n) is 14.3. The van der Waals surface area contributed by atoms with Gasteiger partial charge in [0.2, 0.25) is 0 Å². The molecule has 0 aliphatic heterocycles. The average molecular weight is 428 g/mol. The molecule has 23 heavy (non-hydrogen) atoms. The first-order chi connectivity index (χ1) is 10.6. The van der Waals surface area contributed by atoms with Crippen LogP contribution >= 0.6 is 24.0 Å². The molecule has 3 rings (SSSR count). The van der Waals surface area contributed by atoms with E-state index in [1.165, 1.54) is 56.1 Å². The van der Waals surface area contributed by atoms with Crippen LogP contribution in [0.25, 0.3) is 0 Å². The molecule has 1 saturated carbocycles. The van der Waals surface area contributed by atoms with Gasteiger partial charge in [0, 0.05) is 11.2 Å². The summed E-state index contributed by atoms with van der Waals surface area (Å²) in [6.07, 6.45) is 8.70. The third-order valence-corrected chi connectivity index (χ3v) is 5.40. The third kappa shape index (κ3) is 4.18. The van der Waals surface area contributed by atoms with E-state index in [0.29, 0.717) is 5.96 Å². The minimum atomic E-state index is 0. The van der Waals surface area contributed by atoms with Crippen molar-refractivity contribution in [3.63, 3.8) is 0 Å². The van der Waals surface area contributed by atoms with Crippen molar-refractivity contribution < 1.29 is 0 Å². The molecule has 0 aromatic heterocycles. The zero-order chi connectivity index (χ0) is 15.6. The Labute approximate surface area is 156 Å². The van der Waals surface area contributed by atoms with Gasteiger partial charge in [-0.2, -0.15) is 0 Å². The van der Waals surface area contributed by atoms with Crippen LogP contribution in [0, 0.1) is 0 Å². The Bertz CT molecular complexity index is 562. The number of fused-ring (bicyclic) bond motifs is 1. The van der Waals surface area contributed by atoms with Crippen molar-refractivity contribution in [2.75, 3.05) is 26.0 Å². The second-order valence-electron chi connectivity index (χ2n) is 6.99. The van der Waals surface area contributed by atoms with Crippen molar-refractivity contribution in [2.45, 2.75) is 50.5 Å². The molecule has 5 heteroatoms. The van der Waals surface area contributed by atoms with Gasteiger partial charge in [-0.3, -0.25) is 4.99 Å². The Balaban J connectivity index is 0.00000192. The van der Waals surface area contributed by atoms with Crippen molar-refractivity contribution in [3.8, 4) is 0 Å². The summed E-state index contributed by atoms with van der Waals surface area (Å²) in [6, 6.07) is 6.56. The SMILES string of the molecule is CN(C)C1(CN=C(N)Nc2ccc3c(c2)CCC3)CCCC1.I. The summed E-state index contributed by atoms with van der Waals surface area (Å²) < 4.78 is 0. The van der Waals surface area contributed by atoms with Crippen molar-refractivity contribution in [3.05, 3.63) is 29.3 Å². The first-order valence-electron chi connectivity index (χ1n) is 8.45. The predicted molar refractivity (Wildman–Crippen MR) is 109 cm³/mol. The number of rotatable bonds is 4. The lowest BCUT2D eigenvalue weighted by Gasteiger charge is -2.34. The van der Waals surface area contributed by atoms with Gasteiger partial charge >= 0.3 is 0 Å². The predicted octanol–water partition coefficient (Wildman–Crippen LogP) is 3.39. The van der Waals surface area contributed by atoms with E-state index in [0.717, 1.165) is 12.2 Å². The van der Waals surface area contributed by atoms with Gasteiger partial charge in [-0.25, -0.2) is 0 Å². The molecule has 3 N–H and O–H groups in total. The van der Waals surface area contributed by atoms with E-state index in [9.17, 15) is 0 Å². The number of nitrogens with zero attached hydrogens (tertiary/aromatic N) is 2. The number of hydrogen-bond acceptors (Lipinski definition) is 2. The van der Waals surface area contributed by atoms with Crippen LogP contribution in [0.5, 0.6) is 0 Å². The molecule has 1 aromatic carbocycles. The maximum Gasteiger partial charge on any atom is 0.193 e. The first kappa shape index (κ1) is 18.5. The van der Waals surface area contributed by atoms with Gasteiger partial charge < -0.3 is 16.0 Å². The molecule has 128 valence electrons. The van der Waals surface area contributed by atoms with Crippen LogP contribution in [0.15, 0.2) is 23.2 Å². The highest BCUT2D eigenvalue weighted by Gasteiger charge is 2.35. The number of halogens is 1. The lowest BCUT2D eigenvalue weighted by Crippen LogP contribution is -2.45. The van der Waals surface area contributed by atoms with Crippen molar-refractivity contribution in [1.29, 1.82) is 0 Å². The van der Waals surface area contributed by atoms with Crippen LogP contribution in [0.1, 0.15) is 43.2 Å². The highest BCUT2D eigenvalue weighted by molar-refractivity contribution is 14.0. The van der Waals surface area contributed by atoms with E-state index in [2.05, 4.69) is 47.5 Å². The molecule has 1 aromatic rings. The van der Waals surface area contributed by atoms with Gasteiger partial charge in [0.25, 0.3) is 0 Å². The van der Waals surface area contributed by atoms with Gasteiger partial charge in [-0.05, 0) is 69.5 Å². The van der Waals surface area contributed by atoms with Crippen molar-refractivity contribution in [1.82, 2.24) is 4.90 Å². The van der Waals surface area contributed by atoms with Gasteiger partial charge in [-0.15, -0.1) is 24.0 Å². The Kier molecular flexibility index (Phi) is 6.31. The summed E-state index contributed by atoms with van der Waals surface area (Å²) in [5, 5.41) is 3.26. The van der Waals surface area contributed by atoms with E-state index >= 15 is 0 Å². The average Bonchev–Trinajstić information content (AvgIpc) is 3.14. The topological polar surface area (TPSA) is 53.6 Å². The molecule has 2 aliphatic carbocycles. The molecule has 2 aliphatic rings. The van der Waals surface area contributed by atoms with Gasteiger partial charge in [0.05, 0.1) is 6.54 Å². The van der Waals surface area contributed by atoms with Gasteiger partial charge in [0.15, 0.2) is 5.96 Å². The number of hydrogen-bond donors (Lipinski definition) is 2. The maximum absolute atomic E-state index is 6.11. The molecule has 0 radical (unpaired) electrons. The molecule has 0 heterocycles. The Hall–Kier alpha value is -0.820. The number of nitrogens with two attached hydrogens (primary N) is 1. The number of aryl methyl sites for hydroxylation is 2. The van der Waals surface area contributed by atoms with Gasteiger partial charge in [-0.1, -0.05) is 18.9 Å². The summed E-state index contributed by atoms with van der Waals surface area (Å²) in [6.45, 7) is 0.782. The molecule has 0 saturated heterocycles.